The largest absolute Gasteiger partial charge is 0.295 e. The van der Waals surface area contributed by atoms with Crippen molar-refractivity contribution in [2.45, 2.75) is 25.7 Å². The Bertz CT molecular complexity index is 590. The van der Waals surface area contributed by atoms with Gasteiger partial charge in [-0.05, 0) is 26.0 Å². The van der Waals surface area contributed by atoms with E-state index in [0.717, 1.165) is 5.57 Å². The van der Waals surface area contributed by atoms with Gasteiger partial charge in [0.1, 0.15) is 0 Å². The van der Waals surface area contributed by atoms with Crippen LogP contribution < -0.4 is 0 Å². The highest BCUT2D eigenvalue weighted by molar-refractivity contribution is 7.89. The quantitative estimate of drug-likeness (QED) is 0.594. The summed E-state index contributed by atoms with van der Waals surface area (Å²) in [5.41, 5.74) is 1.17. The summed E-state index contributed by atoms with van der Waals surface area (Å²) in [4.78, 5) is 11.5. The summed E-state index contributed by atoms with van der Waals surface area (Å²) in [5.74, 6) is -0.153. The number of nitrogens with zero attached hydrogens (tertiary/aromatic N) is 1. The molecule has 0 aliphatic carbocycles. The van der Waals surface area contributed by atoms with E-state index in [0.29, 0.717) is 12.1 Å². The number of hydrogen-bond donors (Lipinski definition) is 0. The van der Waals surface area contributed by atoms with Gasteiger partial charge in [-0.1, -0.05) is 31.2 Å². The molecule has 104 valence electrons. The van der Waals surface area contributed by atoms with Gasteiger partial charge >= 0.3 is 0 Å². The van der Waals surface area contributed by atoms with E-state index in [4.69, 9.17) is 0 Å². The van der Waals surface area contributed by atoms with Gasteiger partial charge in [0, 0.05) is 18.7 Å². The second kappa shape index (κ2) is 6.12. The van der Waals surface area contributed by atoms with Gasteiger partial charge in [0.2, 0.25) is 10.0 Å². The molecule has 0 unspecified atom stereocenters. The van der Waals surface area contributed by atoms with Gasteiger partial charge in [-0.3, -0.25) is 4.79 Å². The zero-order valence-corrected chi connectivity index (χ0v) is 12.3. The molecule has 5 heteroatoms. The van der Waals surface area contributed by atoms with Gasteiger partial charge in [-0.15, -0.1) is 0 Å². The van der Waals surface area contributed by atoms with Crippen LogP contribution in [0.25, 0.3) is 0 Å². The fourth-order valence-electron chi connectivity index (χ4n) is 1.69. The average molecular weight is 281 g/mol. The van der Waals surface area contributed by atoms with Crippen molar-refractivity contribution in [3.8, 4) is 0 Å². The Morgan fingerprint density at radius 3 is 2.42 bits per heavy atom. The van der Waals surface area contributed by atoms with Crippen molar-refractivity contribution >= 4 is 15.8 Å². The predicted octanol–water partition coefficient (Wildman–Crippen LogP) is 2.48. The molecule has 0 saturated carbocycles. The lowest BCUT2D eigenvalue weighted by molar-refractivity contribution is 0.101. The van der Waals surface area contributed by atoms with Crippen molar-refractivity contribution in [2.75, 3.05) is 13.1 Å². The van der Waals surface area contributed by atoms with Crippen LogP contribution in [0.15, 0.2) is 41.3 Å². The molecule has 0 saturated heterocycles. The van der Waals surface area contributed by atoms with Crippen LogP contribution in [0.1, 0.15) is 31.1 Å². The summed E-state index contributed by atoms with van der Waals surface area (Å²) in [6.07, 6.45) is 0. The van der Waals surface area contributed by atoms with Crippen LogP contribution in [-0.2, 0) is 10.0 Å². The summed E-state index contributed by atoms with van der Waals surface area (Å²) in [7, 11) is -3.58. The lowest BCUT2D eigenvalue weighted by Crippen LogP contribution is -2.32. The van der Waals surface area contributed by atoms with Crippen LogP contribution in [0.4, 0.5) is 0 Å². The third-order valence-electron chi connectivity index (χ3n) is 2.68. The molecule has 0 N–H and O–H groups in total. The molecule has 1 aromatic rings. The number of rotatable bonds is 6. The first-order valence-electron chi connectivity index (χ1n) is 6.04. The zero-order valence-electron chi connectivity index (χ0n) is 11.5. The summed E-state index contributed by atoms with van der Waals surface area (Å²) in [5, 5.41) is 0. The van der Waals surface area contributed by atoms with Gasteiger partial charge in [-0.2, -0.15) is 4.31 Å². The Labute approximate surface area is 114 Å². The van der Waals surface area contributed by atoms with Crippen LogP contribution >= 0.6 is 0 Å². The maximum absolute atomic E-state index is 12.4. The SMILES string of the molecule is C=C(C)CN(CC)S(=O)(=O)c1cccc(C(C)=O)c1. The highest BCUT2D eigenvalue weighted by Crippen LogP contribution is 2.18. The fraction of sp³-hybridized carbons (Fsp3) is 0.357. The Morgan fingerprint density at radius 2 is 1.95 bits per heavy atom. The second-order valence-electron chi connectivity index (χ2n) is 4.47. The molecule has 0 bridgehead atoms. The molecule has 0 aliphatic rings. The number of hydrogen-bond acceptors (Lipinski definition) is 3. The molecular formula is C14H19NO3S. The average Bonchev–Trinajstić information content (AvgIpc) is 2.35. The van der Waals surface area contributed by atoms with Gasteiger partial charge < -0.3 is 0 Å². The van der Waals surface area contributed by atoms with E-state index in [1.54, 1.807) is 26.0 Å². The first kappa shape index (κ1) is 15.6. The molecule has 0 radical (unpaired) electrons. The maximum atomic E-state index is 12.4. The number of benzene rings is 1. The van der Waals surface area contributed by atoms with Crippen molar-refractivity contribution in [1.29, 1.82) is 0 Å². The summed E-state index contributed by atoms with van der Waals surface area (Å²) in [6, 6.07) is 6.11. The minimum absolute atomic E-state index is 0.142. The molecule has 0 atom stereocenters. The normalized spacial score (nSPS) is 11.6. The molecule has 4 nitrogen and oxygen atoms in total. The van der Waals surface area contributed by atoms with Crippen molar-refractivity contribution in [3.05, 3.63) is 42.0 Å². The van der Waals surface area contributed by atoms with E-state index in [-0.39, 0.29) is 17.2 Å². The van der Waals surface area contributed by atoms with E-state index in [1.807, 2.05) is 0 Å². The topological polar surface area (TPSA) is 54.5 Å². The molecule has 0 heterocycles. The monoisotopic (exact) mass is 281 g/mol. The molecule has 0 aromatic heterocycles. The van der Waals surface area contributed by atoms with Crippen LogP contribution in [0.3, 0.4) is 0 Å². The number of likely N-dealkylation sites (N-methyl/N-ethyl adjacent to an activating group) is 1. The smallest absolute Gasteiger partial charge is 0.243 e. The van der Waals surface area contributed by atoms with Crippen LogP contribution in [0.2, 0.25) is 0 Å². The second-order valence-corrected chi connectivity index (χ2v) is 6.41. The van der Waals surface area contributed by atoms with Gasteiger partial charge in [-0.25, -0.2) is 8.42 Å². The number of sulfonamides is 1. The Morgan fingerprint density at radius 1 is 1.32 bits per heavy atom. The highest BCUT2D eigenvalue weighted by Gasteiger charge is 2.23. The molecule has 0 spiro atoms. The Hall–Kier alpha value is -1.46. The molecule has 1 aromatic carbocycles. The molecule has 19 heavy (non-hydrogen) atoms. The standard InChI is InChI=1S/C14H19NO3S/c1-5-15(10-11(2)3)19(17,18)14-8-6-7-13(9-14)12(4)16/h6-9H,2,5,10H2,1,3-4H3. The van der Waals surface area contributed by atoms with Crippen molar-refractivity contribution in [1.82, 2.24) is 4.31 Å². The summed E-state index contributed by atoms with van der Waals surface area (Å²) >= 11 is 0. The number of ketones is 1. The minimum atomic E-state index is -3.58. The Balaban J connectivity index is 3.21. The summed E-state index contributed by atoms with van der Waals surface area (Å²) < 4.78 is 26.2. The number of carbonyl (C=O) groups is 1. The van der Waals surface area contributed by atoms with E-state index < -0.39 is 10.0 Å². The van der Waals surface area contributed by atoms with Crippen molar-refractivity contribution < 1.29 is 13.2 Å². The maximum Gasteiger partial charge on any atom is 0.243 e. The van der Waals surface area contributed by atoms with Crippen LogP contribution in [0, 0.1) is 0 Å². The first-order chi connectivity index (χ1) is 8.78. The molecule has 1 rings (SSSR count). The predicted molar refractivity (Wildman–Crippen MR) is 75.7 cm³/mol. The van der Waals surface area contributed by atoms with Crippen LogP contribution in [-0.4, -0.2) is 31.6 Å². The zero-order chi connectivity index (χ0) is 14.6. The third-order valence-corrected chi connectivity index (χ3v) is 4.59. The van der Waals surface area contributed by atoms with E-state index >= 15 is 0 Å². The van der Waals surface area contributed by atoms with Gasteiger partial charge in [0.25, 0.3) is 0 Å². The van der Waals surface area contributed by atoms with Gasteiger partial charge in [0.05, 0.1) is 4.90 Å². The molecule has 0 aliphatic heterocycles. The van der Waals surface area contributed by atoms with Gasteiger partial charge in [0.15, 0.2) is 5.78 Å². The van der Waals surface area contributed by atoms with E-state index in [9.17, 15) is 13.2 Å². The van der Waals surface area contributed by atoms with E-state index in [1.165, 1.54) is 23.4 Å². The third kappa shape index (κ3) is 3.75. The minimum Gasteiger partial charge on any atom is -0.295 e. The number of Topliss-reactive ketones (excluding diaryl/α,β-unsaturated/α-hetero) is 1. The Kier molecular flexibility index (Phi) is 5.03. The van der Waals surface area contributed by atoms with Crippen LogP contribution in [0.5, 0.6) is 0 Å². The molecule has 0 fully saturated rings. The lowest BCUT2D eigenvalue weighted by Gasteiger charge is -2.20. The molecule has 0 amide bonds. The first-order valence-corrected chi connectivity index (χ1v) is 7.48. The fourth-order valence-corrected chi connectivity index (χ4v) is 3.25. The lowest BCUT2D eigenvalue weighted by atomic mass is 10.2. The number of carbonyl (C=O) groups excluding carboxylic acids is 1. The van der Waals surface area contributed by atoms with Crippen molar-refractivity contribution in [3.63, 3.8) is 0 Å². The highest BCUT2D eigenvalue weighted by atomic mass is 32.2. The summed E-state index contributed by atoms with van der Waals surface area (Å²) in [6.45, 7) is 9.35. The van der Waals surface area contributed by atoms with E-state index in [2.05, 4.69) is 6.58 Å². The molecular weight excluding hydrogens is 262 g/mol. The van der Waals surface area contributed by atoms with Crippen molar-refractivity contribution in [2.24, 2.45) is 0 Å².